The zero-order valence-electron chi connectivity index (χ0n) is 12.5. The molecule has 1 fully saturated rings. The molecule has 1 saturated heterocycles. The van der Waals surface area contributed by atoms with Crippen molar-refractivity contribution >= 4 is 18.3 Å². The molecular weight excluding hydrogens is 336 g/mol. The average Bonchev–Trinajstić information content (AvgIpc) is 2.90. The van der Waals surface area contributed by atoms with E-state index < -0.39 is 23.9 Å². The third kappa shape index (κ3) is 5.07. The van der Waals surface area contributed by atoms with Crippen LogP contribution >= 0.6 is 12.4 Å². The Morgan fingerprint density at radius 3 is 2.65 bits per heavy atom. The molecule has 1 amide bonds. The Morgan fingerprint density at radius 2 is 2.04 bits per heavy atom. The summed E-state index contributed by atoms with van der Waals surface area (Å²) in [4.78, 5) is 11.9. The highest BCUT2D eigenvalue weighted by Crippen LogP contribution is 2.34. The molecule has 0 saturated carbocycles. The third-order valence-electron chi connectivity index (χ3n) is 3.97. The minimum atomic E-state index is -4.38. The van der Waals surface area contributed by atoms with E-state index in [1.165, 1.54) is 12.1 Å². The summed E-state index contributed by atoms with van der Waals surface area (Å²) in [5, 5.41) is 5.16. The Balaban J connectivity index is 0.00000264. The molecule has 0 spiro atoms. The number of carbonyl (C=O) groups excluding carboxylic acids is 1. The second kappa shape index (κ2) is 7.97. The van der Waals surface area contributed by atoms with Crippen molar-refractivity contribution < 1.29 is 22.4 Å². The van der Waals surface area contributed by atoms with Crippen LogP contribution in [0.15, 0.2) is 18.2 Å². The Kier molecular flexibility index (Phi) is 6.83. The van der Waals surface area contributed by atoms with Gasteiger partial charge in [-0.15, -0.1) is 12.4 Å². The molecule has 2 rings (SSSR count). The summed E-state index contributed by atoms with van der Waals surface area (Å²) in [5.74, 6) is -3.66. The van der Waals surface area contributed by atoms with Crippen LogP contribution in [-0.2, 0) is 11.2 Å². The number of aryl methyl sites for hydroxylation is 1. The van der Waals surface area contributed by atoms with Gasteiger partial charge in [0.05, 0.1) is 11.8 Å². The first-order chi connectivity index (χ1) is 10.3. The lowest BCUT2D eigenvalue weighted by Gasteiger charge is -2.20. The summed E-state index contributed by atoms with van der Waals surface area (Å²) in [5.41, 5.74) is 1.61. The molecule has 0 unspecified atom stereocenters. The predicted octanol–water partition coefficient (Wildman–Crippen LogP) is 2.61. The maximum Gasteiger partial charge on any atom is 0.393 e. The summed E-state index contributed by atoms with van der Waals surface area (Å²) < 4.78 is 51.4. The first kappa shape index (κ1) is 19.7. The minimum Gasteiger partial charge on any atom is -0.355 e. The highest BCUT2D eigenvalue weighted by atomic mass is 35.5. The molecule has 0 bridgehead atoms. The molecule has 2 atom stereocenters. The monoisotopic (exact) mass is 354 g/mol. The van der Waals surface area contributed by atoms with E-state index in [1.807, 2.05) is 0 Å². The molecule has 1 aliphatic heterocycles. The lowest BCUT2D eigenvalue weighted by Crippen LogP contribution is -2.40. The second-order valence-electron chi connectivity index (χ2n) is 5.52. The molecule has 23 heavy (non-hydrogen) atoms. The first-order valence-electron chi connectivity index (χ1n) is 7.09. The van der Waals surface area contributed by atoms with Crippen LogP contribution in [0.4, 0.5) is 17.6 Å². The number of benzene rings is 1. The first-order valence-corrected chi connectivity index (χ1v) is 7.09. The van der Waals surface area contributed by atoms with Crippen molar-refractivity contribution in [2.45, 2.75) is 19.5 Å². The van der Waals surface area contributed by atoms with Crippen LogP contribution in [0.1, 0.15) is 11.1 Å². The fraction of sp³-hybridized carbons (Fsp3) is 0.533. The number of amides is 1. The van der Waals surface area contributed by atoms with Gasteiger partial charge >= 0.3 is 6.18 Å². The number of alkyl halides is 3. The van der Waals surface area contributed by atoms with Crippen molar-refractivity contribution in [2.75, 3.05) is 19.6 Å². The number of halogens is 5. The maximum atomic E-state index is 13.0. The molecule has 1 aliphatic rings. The minimum absolute atomic E-state index is 0. The van der Waals surface area contributed by atoms with Crippen LogP contribution in [0.3, 0.4) is 0 Å². The topological polar surface area (TPSA) is 41.1 Å². The van der Waals surface area contributed by atoms with Crippen molar-refractivity contribution in [3.63, 3.8) is 0 Å². The molecule has 130 valence electrons. The van der Waals surface area contributed by atoms with Gasteiger partial charge < -0.3 is 10.6 Å². The van der Waals surface area contributed by atoms with Gasteiger partial charge in [-0.05, 0) is 36.6 Å². The summed E-state index contributed by atoms with van der Waals surface area (Å²) in [6.45, 7) is 1.79. The van der Waals surface area contributed by atoms with Gasteiger partial charge in [-0.2, -0.15) is 13.2 Å². The van der Waals surface area contributed by atoms with E-state index in [1.54, 1.807) is 13.0 Å². The zero-order chi connectivity index (χ0) is 16.3. The Bertz CT molecular complexity index is 551. The van der Waals surface area contributed by atoms with E-state index in [0.717, 1.165) is 11.1 Å². The van der Waals surface area contributed by atoms with Gasteiger partial charge in [0.15, 0.2) is 0 Å². The lowest BCUT2D eigenvalue weighted by atomic mass is 9.94. The number of rotatable bonds is 4. The van der Waals surface area contributed by atoms with E-state index in [9.17, 15) is 22.4 Å². The standard InChI is InChI=1S/C15H18F4N2O.ClH/c1-9-6-11(16)3-2-10(9)4-5-21-14(22)12-7-20-8-13(12)15(17,18)19;/h2-3,6,12-13,20H,4-5,7-8H2,1H3,(H,21,22);1H/t12-,13-;/m1./s1. The Hall–Kier alpha value is -1.34. The number of nitrogens with one attached hydrogen (secondary N) is 2. The van der Waals surface area contributed by atoms with Crippen LogP contribution in [0.2, 0.25) is 0 Å². The fourth-order valence-electron chi connectivity index (χ4n) is 2.69. The van der Waals surface area contributed by atoms with Gasteiger partial charge in [-0.25, -0.2) is 4.39 Å². The van der Waals surface area contributed by atoms with Crippen molar-refractivity contribution in [3.05, 3.63) is 35.1 Å². The summed E-state index contributed by atoms with van der Waals surface area (Å²) in [6, 6.07) is 4.33. The molecule has 1 heterocycles. The van der Waals surface area contributed by atoms with E-state index in [4.69, 9.17) is 0 Å². The number of hydrogen-bond donors (Lipinski definition) is 2. The largest absolute Gasteiger partial charge is 0.393 e. The summed E-state index contributed by atoms with van der Waals surface area (Å²) >= 11 is 0. The van der Waals surface area contributed by atoms with Gasteiger partial charge in [0.1, 0.15) is 5.82 Å². The number of carbonyl (C=O) groups is 1. The van der Waals surface area contributed by atoms with E-state index in [0.29, 0.717) is 6.42 Å². The molecule has 0 aliphatic carbocycles. The highest BCUT2D eigenvalue weighted by molar-refractivity contribution is 5.85. The molecule has 1 aromatic rings. The average molecular weight is 355 g/mol. The normalized spacial score (nSPS) is 20.9. The summed E-state index contributed by atoms with van der Waals surface area (Å²) in [7, 11) is 0. The molecule has 3 nitrogen and oxygen atoms in total. The van der Waals surface area contributed by atoms with Gasteiger partial charge in [0.2, 0.25) is 5.91 Å². The molecule has 8 heteroatoms. The van der Waals surface area contributed by atoms with Crippen molar-refractivity contribution in [3.8, 4) is 0 Å². The Morgan fingerprint density at radius 1 is 1.35 bits per heavy atom. The smallest absolute Gasteiger partial charge is 0.355 e. The highest BCUT2D eigenvalue weighted by Gasteiger charge is 2.49. The van der Waals surface area contributed by atoms with E-state index in [2.05, 4.69) is 10.6 Å². The third-order valence-corrected chi connectivity index (χ3v) is 3.97. The number of hydrogen-bond acceptors (Lipinski definition) is 2. The zero-order valence-corrected chi connectivity index (χ0v) is 13.4. The van der Waals surface area contributed by atoms with Crippen LogP contribution < -0.4 is 10.6 Å². The molecule has 1 aromatic carbocycles. The molecule has 0 aromatic heterocycles. The van der Waals surface area contributed by atoms with Gasteiger partial charge in [0, 0.05) is 19.6 Å². The maximum absolute atomic E-state index is 13.0. The molecular formula is C15H19ClF4N2O. The van der Waals surface area contributed by atoms with Gasteiger partial charge in [-0.1, -0.05) is 6.07 Å². The van der Waals surface area contributed by atoms with E-state index >= 15 is 0 Å². The van der Waals surface area contributed by atoms with Crippen molar-refractivity contribution in [2.24, 2.45) is 11.8 Å². The van der Waals surface area contributed by atoms with Crippen LogP contribution in [0, 0.1) is 24.6 Å². The molecule has 2 N–H and O–H groups in total. The SMILES string of the molecule is Cc1cc(F)ccc1CCNC(=O)[C@@H]1CNC[C@H]1C(F)(F)F.Cl. The van der Waals surface area contributed by atoms with Crippen LogP contribution in [-0.4, -0.2) is 31.7 Å². The quantitative estimate of drug-likeness (QED) is 0.816. The van der Waals surface area contributed by atoms with Crippen molar-refractivity contribution in [1.82, 2.24) is 10.6 Å². The van der Waals surface area contributed by atoms with Gasteiger partial charge in [0.25, 0.3) is 0 Å². The fourth-order valence-corrected chi connectivity index (χ4v) is 2.69. The van der Waals surface area contributed by atoms with Crippen molar-refractivity contribution in [1.29, 1.82) is 0 Å². The lowest BCUT2D eigenvalue weighted by molar-refractivity contribution is -0.182. The van der Waals surface area contributed by atoms with E-state index in [-0.39, 0.29) is 37.9 Å². The van der Waals surface area contributed by atoms with Crippen LogP contribution in [0.25, 0.3) is 0 Å². The van der Waals surface area contributed by atoms with Crippen LogP contribution in [0.5, 0.6) is 0 Å². The summed E-state index contributed by atoms with van der Waals surface area (Å²) in [6.07, 6.45) is -3.92. The Labute approximate surface area is 138 Å². The van der Waals surface area contributed by atoms with Gasteiger partial charge in [-0.3, -0.25) is 4.79 Å². The predicted molar refractivity (Wildman–Crippen MR) is 81.0 cm³/mol. The second-order valence-corrected chi connectivity index (χ2v) is 5.52. The molecule has 0 radical (unpaired) electrons.